The molecule has 0 radical (unpaired) electrons. The van der Waals surface area contributed by atoms with Gasteiger partial charge in [0.2, 0.25) is 0 Å². The molecule has 1 N–H and O–H groups in total. The van der Waals surface area contributed by atoms with Crippen LogP contribution in [0.2, 0.25) is 0 Å². The van der Waals surface area contributed by atoms with E-state index in [4.69, 9.17) is 4.74 Å². The number of hydrogen-bond acceptors (Lipinski definition) is 3. The second-order valence-electron chi connectivity index (χ2n) is 4.87. The van der Waals surface area contributed by atoms with E-state index in [1.807, 2.05) is 16.7 Å². The Morgan fingerprint density at radius 3 is 2.19 bits per heavy atom. The number of amides is 2. The summed E-state index contributed by atoms with van der Waals surface area (Å²) in [6, 6.07) is 0.0961. The van der Waals surface area contributed by atoms with Crippen LogP contribution >= 0.6 is 0 Å². The summed E-state index contributed by atoms with van der Waals surface area (Å²) in [6.45, 7) is 5.79. The van der Waals surface area contributed by atoms with Crippen molar-refractivity contribution in [2.45, 2.75) is 25.4 Å². The quantitative estimate of drug-likeness (QED) is 0.648. The van der Waals surface area contributed by atoms with Crippen LogP contribution in [0.25, 0.3) is 0 Å². The number of urea groups is 1. The Labute approximate surface area is 96.0 Å². The van der Waals surface area contributed by atoms with E-state index < -0.39 is 5.60 Å². The zero-order valence-corrected chi connectivity index (χ0v) is 9.81. The van der Waals surface area contributed by atoms with Gasteiger partial charge >= 0.3 is 6.03 Å². The Bertz CT molecular complexity index is 252. The van der Waals surface area contributed by atoms with E-state index >= 15 is 0 Å². The van der Waals surface area contributed by atoms with Crippen molar-refractivity contribution < 1.29 is 14.6 Å². The summed E-state index contributed by atoms with van der Waals surface area (Å²) in [4.78, 5) is 15.8. The Hall–Kier alpha value is -0.810. The molecule has 0 aromatic rings. The lowest BCUT2D eigenvalue weighted by Gasteiger charge is -2.39. The Kier molecular flexibility index (Phi) is 3.35. The minimum absolute atomic E-state index is 0.0961. The average molecular weight is 228 g/mol. The molecule has 2 rings (SSSR count). The van der Waals surface area contributed by atoms with Gasteiger partial charge in [0, 0.05) is 26.2 Å². The highest BCUT2D eigenvalue weighted by molar-refractivity contribution is 5.74. The summed E-state index contributed by atoms with van der Waals surface area (Å²) in [7, 11) is 0. The second-order valence-corrected chi connectivity index (χ2v) is 4.87. The van der Waals surface area contributed by atoms with Gasteiger partial charge in [-0.25, -0.2) is 4.79 Å². The van der Waals surface area contributed by atoms with Crippen molar-refractivity contribution in [3.05, 3.63) is 0 Å². The summed E-state index contributed by atoms with van der Waals surface area (Å²) >= 11 is 0. The van der Waals surface area contributed by atoms with Crippen LogP contribution in [0.15, 0.2) is 0 Å². The molecule has 2 heterocycles. The van der Waals surface area contributed by atoms with Gasteiger partial charge in [-0.15, -0.1) is 0 Å². The molecule has 16 heavy (non-hydrogen) atoms. The predicted octanol–water partition coefficient (Wildman–Crippen LogP) is 0.285. The first kappa shape index (κ1) is 11.7. The summed E-state index contributed by atoms with van der Waals surface area (Å²) in [5.74, 6) is 0. The van der Waals surface area contributed by atoms with Crippen LogP contribution in [0.5, 0.6) is 0 Å². The van der Waals surface area contributed by atoms with Crippen molar-refractivity contribution in [3.8, 4) is 0 Å². The zero-order valence-electron chi connectivity index (χ0n) is 9.81. The number of piperidine rings is 1. The van der Waals surface area contributed by atoms with Crippen molar-refractivity contribution in [2.75, 3.05) is 39.4 Å². The van der Waals surface area contributed by atoms with Crippen LogP contribution in [0, 0.1) is 0 Å². The number of rotatable bonds is 0. The zero-order chi connectivity index (χ0) is 11.6. The van der Waals surface area contributed by atoms with Crippen molar-refractivity contribution in [1.82, 2.24) is 9.80 Å². The molecule has 2 aliphatic rings. The fraction of sp³-hybridized carbons (Fsp3) is 0.909. The highest BCUT2D eigenvalue weighted by Gasteiger charge is 2.31. The van der Waals surface area contributed by atoms with Crippen LogP contribution in [-0.2, 0) is 4.74 Å². The minimum atomic E-state index is -0.595. The lowest BCUT2D eigenvalue weighted by Crippen LogP contribution is -2.52. The van der Waals surface area contributed by atoms with Crippen LogP contribution < -0.4 is 0 Å². The van der Waals surface area contributed by atoms with Crippen molar-refractivity contribution in [2.24, 2.45) is 0 Å². The van der Waals surface area contributed by atoms with Gasteiger partial charge in [-0.3, -0.25) is 0 Å². The number of carbonyl (C=O) groups is 1. The summed E-state index contributed by atoms with van der Waals surface area (Å²) in [5, 5.41) is 9.81. The molecule has 0 atom stereocenters. The van der Waals surface area contributed by atoms with Gasteiger partial charge in [0.05, 0.1) is 18.8 Å². The smallest absolute Gasteiger partial charge is 0.320 e. The number of likely N-dealkylation sites (tertiary alicyclic amines) is 1. The highest BCUT2D eigenvalue weighted by atomic mass is 16.5. The third kappa shape index (κ3) is 2.65. The Balaban J connectivity index is 1.86. The molecular weight excluding hydrogens is 208 g/mol. The lowest BCUT2D eigenvalue weighted by atomic mass is 9.94. The van der Waals surface area contributed by atoms with Gasteiger partial charge in [-0.1, -0.05) is 0 Å². The van der Waals surface area contributed by atoms with E-state index in [-0.39, 0.29) is 6.03 Å². The summed E-state index contributed by atoms with van der Waals surface area (Å²) in [6.07, 6.45) is 1.34. The van der Waals surface area contributed by atoms with E-state index in [9.17, 15) is 9.90 Å². The van der Waals surface area contributed by atoms with E-state index in [2.05, 4.69) is 0 Å². The molecular formula is C11H20N2O3. The largest absolute Gasteiger partial charge is 0.390 e. The molecule has 2 amide bonds. The molecule has 2 fully saturated rings. The molecule has 0 spiro atoms. The van der Waals surface area contributed by atoms with Gasteiger partial charge < -0.3 is 19.6 Å². The van der Waals surface area contributed by atoms with Gasteiger partial charge in [0.25, 0.3) is 0 Å². The maximum atomic E-state index is 12.1. The third-order valence-corrected chi connectivity index (χ3v) is 3.39. The second kappa shape index (κ2) is 4.59. The maximum absolute atomic E-state index is 12.1. The third-order valence-electron chi connectivity index (χ3n) is 3.39. The molecule has 0 aromatic carbocycles. The molecule has 5 nitrogen and oxygen atoms in total. The van der Waals surface area contributed by atoms with Crippen molar-refractivity contribution in [1.29, 1.82) is 0 Å². The van der Waals surface area contributed by atoms with Crippen molar-refractivity contribution >= 4 is 6.03 Å². The number of ether oxygens (including phenoxy) is 1. The molecule has 0 saturated carbocycles. The fourth-order valence-corrected chi connectivity index (χ4v) is 2.13. The number of carbonyl (C=O) groups excluding carboxylic acids is 1. The van der Waals surface area contributed by atoms with E-state index in [1.165, 1.54) is 0 Å². The van der Waals surface area contributed by atoms with Gasteiger partial charge in [-0.05, 0) is 19.8 Å². The normalized spacial score (nSPS) is 25.6. The number of morpholine rings is 1. The topological polar surface area (TPSA) is 53.0 Å². The minimum Gasteiger partial charge on any atom is -0.390 e. The van der Waals surface area contributed by atoms with E-state index in [0.29, 0.717) is 52.2 Å². The Morgan fingerprint density at radius 2 is 1.62 bits per heavy atom. The average Bonchev–Trinajstić information content (AvgIpc) is 2.29. The molecule has 0 aromatic heterocycles. The van der Waals surface area contributed by atoms with Gasteiger partial charge in [0.15, 0.2) is 0 Å². The highest BCUT2D eigenvalue weighted by Crippen LogP contribution is 2.22. The Morgan fingerprint density at radius 1 is 1.12 bits per heavy atom. The number of aliphatic hydroxyl groups is 1. The summed E-state index contributed by atoms with van der Waals surface area (Å²) < 4.78 is 5.22. The van der Waals surface area contributed by atoms with Crippen LogP contribution in [0.4, 0.5) is 4.79 Å². The summed E-state index contributed by atoms with van der Waals surface area (Å²) in [5.41, 5.74) is -0.595. The van der Waals surface area contributed by atoms with E-state index in [0.717, 1.165) is 0 Å². The maximum Gasteiger partial charge on any atom is 0.320 e. The van der Waals surface area contributed by atoms with Crippen LogP contribution in [-0.4, -0.2) is 65.9 Å². The van der Waals surface area contributed by atoms with Crippen molar-refractivity contribution in [3.63, 3.8) is 0 Å². The fourth-order valence-electron chi connectivity index (χ4n) is 2.13. The molecule has 0 aliphatic carbocycles. The monoisotopic (exact) mass is 228 g/mol. The molecule has 5 heteroatoms. The molecule has 2 saturated heterocycles. The number of nitrogens with zero attached hydrogens (tertiary/aromatic N) is 2. The van der Waals surface area contributed by atoms with Crippen LogP contribution in [0.1, 0.15) is 19.8 Å². The first-order chi connectivity index (χ1) is 7.58. The SMILES string of the molecule is CC1(O)CCN(C(=O)N2CCOCC2)CC1. The molecule has 2 aliphatic heterocycles. The standard InChI is InChI=1S/C11H20N2O3/c1-11(15)2-4-12(5-3-11)10(14)13-6-8-16-9-7-13/h15H,2-9H2,1H3. The van der Waals surface area contributed by atoms with Gasteiger partial charge in [0.1, 0.15) is 0 Å². The first-order valence-electron chi connectivity index (χ1n) is 5.92. The number of hydrogen-bond donors (Lipinski definition) is 1. The molecule has 0 unspecified atom stereocenters. The van der Waals surface area contributed by atoms with E-state index in [1.54, 1.807) is 0 Å². The predicted molar refractivity (Wildman–Crippen MR) is 59.2 cm³/mol. The van der Waals surface area contributed by atoms with Crippen LogP contribution in [0.3, 0.4) is 0 Å². The van der Waals surface area contributed by atoms with Gasteiger partial charge in [-0.2, -0.15) is 0 Å². The molecule has 0 bridgehead atoms. The first-order valence-corrected chi connectivity index (χ1v) is 5.92. The molecule has 92 valence electrons. The lowest BCUT2D eigenvalue weighted by molar-refractivity contribution is -0.00592.